The van der Waals surface area contributed by atoms with Gasteiger partial charge >= 0.3 is 0 Å². The van der Waals surface area contributed by atoms with E-state index in [4.69, 9.17) is 4.74 Å². The molecule has 0 amide bonds. The molecule has 1 unspecified atom stereocenters. The monoisotopic (exact) mass is 269 g/mol. The minimum atomic E-state index is 0.187. The number of rotatable bonds is 5. The van der Waals surface area contributed by atoms with Crippen molar-refractivity contribution in [2.24, 2.45) is 0 Å². The summed E-state index contributed by atoms with van der Waals surface area (Å²) in [5.41, 5.74) is 1.56. The number of nitrogens with zero attached hydrogens (tertiary/aromatic N) is 1. The zero-order chi connectivity index (χ0) is 13.8. The smallest absolute Gasteiger partial charge is 0.165 e. The highest BCUT2D eigenvalue weighted by atomic mass is 16.5. The van der Waals surface area contributed by atoms with Gasteiger partial charge in [-0.25, -0.2) is 0 Å². The van der Waals surface area contributed by atoms with Crippen LogP contribution in [0.1, 0.15) is 42.5 Å². The molecule has 1 aromatic heterocycles. The van der Waals surface area contributed by atoms with Gasteiger partial charge in [0.05, 0.1) is 11.6 Å². The molecular weight excluding hydrogens is 250 g/mol. The highest BCUT2D eigenvalue weighted by Crippen LogP contribution is 2.21. The normalized spacial score (nSPS) is 18.5. The standard InChI is InChI=1S/C17H19NO2/c19-16(10-2-7-14-8-4-12-20-14)15-9-1-5-13-6-3-11-18-17(13)15/h1,3,5-6,9,11,14H,2,4,7-8,10,12H2. The zero-order valence-corrected chi connectivity index (χ0v) is 11.5. The molecule has 3 nitrogen and oxygen atoms in total. The number of benzene rings is 1. The van der Waals surface area contributed by atoms with Crippen molar-refractivity contribution in [3.63, 3.8) is 0 Å². The van der Waals surface area contributed by atoms with Gasteiger partial charge in [0.15, 0.2) is 5.78 Å². The summed E-state index contributed by atoms with van der Waals surface area (Å²) >= 11 is 0. The Kier molecular flexibility index (Phi) is 4.07. The van der Waals surface area contributed by atoms with Gasteiger partial charge < -0.3 is 4.74 Å². The summed E-state index contributed by atoms with van der Waals surface area (Å²) in [4.78, 5) is 16.7. The second-order valence-electron chi connectivity index (χ2n) is 5.33. The van der Waals surface area contributed by atoms with Gasteiger partial charge in [0.1, 0.15) is 0 Å². The van der Waals surface area contributed by atoms with E-state index in [0.29, 0.717) is 12.5 Å². The molecule has 0 N–H and O–H groups in total. The van der Waals surface area contributed by atoms with Crippen LogP contribution < -0.4 is 0 Å². The Labute approximate surface area is 119 Å². The lowest BCUT2D eigenvalue weighted by atomic mass is 10.0. The first kappa shape index (κ1) is 13.3. The Morgan fingerprint density at radius 1 is 1.30 bits per heavy atom. The molecule has 0 radical (unpaired) electrons. The van der Waals surface area contributed by atoms with Crippen LogP contribution in [0.2, 0.25) is 0 Å². The first-order valence-electron chi connectivity index (χ1n) is 7.33. The predicted octanol–water partition coefficient (Wildman–Crippen LogP) is 3.77. The van der Waals surface area contributed by atoms with Crippen molar-refractivity contribution in [1.82, 2.24) is 4.98 Å². The molecule has 2 aromatic rings. The Morgan fingerprint density at radius 2 is 2.20 bits per heavy atom. The molecule has 0 aliphatic carbocycles. The van der Waals surface area contributed by atoms with Crippen molar-refractivity contribution in [1.29, 1.82) is 0 Å². The fourth-order valence-corrected chi connectivity index (χ4v) is 2.83. The Hall–Kier alpha value is -1.74. The van der Waals surface area contributed by atoms with E-state index in [1.54, 1.807) is 6.20 Å². The van der Waals surface area contributed by atoms with Gasteiger partial charge in [-0.05, 0) is 37.8 Å². The number of carbonyl (C=O) groups excluding carboxylic acids is 1. The molecule has 1 atom stereocenters. The van der Waals surface area contributed by atoms with E-state index in [-0.39, 0.29) is 5.78 Å². The first-order chi connectivity index (χ1) is 9.84. The lowest BCUT2D eigenvalue weighted by Gasteiger charge is -2.09. The molecule has 3 heteroatoms. The molecule has 1 fully saturated rings. The second kappa shape index (κ2) is 6.14. The fraction of sp³-hybridized carbons (Fsp3) is 0.412. The maximum atomic E-state index is 12.4. The Bertz CT molecular complexity index is 597. The van der Waals surface area contributed by atoms with E-state index in [0.717, 1.165) is 48.8 Å². The molecule has 20 heavy (non-hydrogen) atoms. The van der Waals surface area contributed by atoms with Crippen LogP contribution >= 0.6 is 0 Å². The summed E-state index contributed by atoms with van der Waals surface area (Å²) in [7, 11) is 0. The lowest BCUT2D eigenvalue weighted by Crippen LogP contribution is -2.07. The first-order valence-corrected chi connectivity index (χ1v) is 7.33. The minimum Gasteiger partial charge on any atom is -0.378 e. The van der Waals surface area contributed by atoms with Gasteiger partial charge in [0, 0.05) is 30.2 Å². The maximum absolute atomic E-state index is 12.4. The van der Waals surface area contributed by atoms with Gasteiger partial charge in [-0.1, -0.05) is 18.2 Å². The number of carbonyl (C=O) groups is 1. The highest BCUT2D eigenvalue weighted by Gasteiger charge is 2.16. The Balaban J connectivity index is 1.66. The third-order valence-electron chi connectivity index (χ3n) is 3.89. The number of fused-ring (bicyclic) bond motifs is 1. The maximum Gasteiger partial charge on any atom is 0.165 e. The summed E-state index contributed by atoms with van der Waals surface area (Å²) in [6, 6.07) is 9.69. The fourth-order valence-electron chi connectivity index (χ4n) is 2.83. The van der Waals surface area contributed by atoms with Crippen molar-refractivity contribution in [2.75, 3.05) is 6.61 Å². The largest absolute Gasteiger partial charge is 0.378 e. The van der Waals surface area contributed by atoms with Crippen molar-refractivity contribution in [3.05, 3.63) is 42.1 Å². The molecule has 0 bridgehead atoms. The van der Waals surface area contributed by atoms with Crippen LogP contribution in [-0.2, 0) is 4.74 Å². The van der Waals surface area contributed by atoms with Crippen LogP contribution in [0.5, 0.6) is 0 Å². The molecule has 2 heterocycles. The predicted molar refractivity (Wildman–Crippen MR) is 78.9 cm³/mol. The van der Waals surface area contributed by atoms with Gasteiger partial charge in [-0.2, -0.15) is 0 Å². The summed E-state index contributed by atoms with van der Waals surface area (Å²) in [5.74, 6) is 0.187. The summed E-state index contributed by atoms with van der Waals surface area (Å²) in [6.07, 6.45) is 6.88. The van der Waals surface area contributed by atoms with Crippen LogP contribution in [0.25, 0.3) is 10.9 Å². The van der Waals surface area contributed by atoms with Crippen molar-refractivity contribution >= 4 is 16.7 Å². The van der Waals surface area contributed by atoms with Crippen LogP contribution in [0.4, 0.5) is 0 Å². The minimum absolute atomic E-state index is 0.187. The van der Waals surface area contributed by atoms with Crippen LogP contribution in [0.15, 0.2) is 36.5 Å². The van der Waals surface area contributed by atoms with E-state index in [1.807, 2.05) is 30.3 Å². The van der Waals surface area contributed by atoms with Gasteiger partial charge in [0.2, 0.25) is 0 Å². The summed E-state index contributed by atoms with van der Waals surface area (Å²) < 4.78 is 5.59. The van der Waals surface area contributed by atoms with E-state index >= 15 is 0 Å². The lowest BCUT2D eigenvalue weighted by molar-refractivity contribution is 0.0924. The number of pyridine rings is 1. The quantitative estimate of drug-likeness (QED) is 0.776. The van der Waals surface area contributed by atoms with E-state index in [2.05, 4.69) is 4.98 Å². The molecule has 104 valence electrons. The van der Waals surface area contributed by atoms with Crippen LogP contribution in [0, 0.1) is 0 Å². The number of hydrogen-bond donors (Lipinski definition) is 0. The number of ether oxygens (including phenoxy) is 1. The third-order valence-corrected chi connectivity index (χ3v) is 3.89. The summed E-state index contributed by atoms with van der Waals surface area (Å²) in [6.45, 7) is 0.881. The molecule has 0 spiro atoms. The molecule has 1 aliphatic rings. The Morgan fingerprint density at radius 3 is 3.05 bits per heavy atom. The van der Waals surface area contributed by atoms with Crippen LogP contribution in [0.3, 0.4) is 0 Å². The second-order valence-corrected chi connectivity index (χ2v) is 5.33. The van der Waals surface area contributed by atoms with E-state index in [1.165, 1.54) is 0 Å². The molecule has 0 saturated carbocycles. The average Bonchev–Trinajstić information content (AvgIpc) is 3.00. The van der Waals surface area contributed by atoms with Gasteiger partial charge in [0.25, 0.3) is 0 Å². The zero-order valence-electron chi connectivity index (χ0n) is 11.5. The summed E-state index contributed by atoms with van der Waals surface area (Å²) in [5, 5.41) is 1.03. The van der Waals surface area contributed by atoms with E-state index in [9.17, 15) is 4.79 Å². The topological polar surface area (TPSA) is 39.2 Å². The SMILES string of the molecule is O=C(CCCC1CCCO1)c1cccc2cccnc12. The molecular formula is C17H19NO2. The molecule has 3 rings (SSSR count). The highest BCUT2D eigenvalue weighted by molar-refractivity contribution is 6.06. The average molecular weight is 269 g/mol. The third kappa shape index (κ3) is 2.88. The van der Waals surface area contributed by atoms with Crippen LogP contribution in [-0.4, -0.2) is 23.5 Å². The van der Waals surface area contributed by atoms with Gasteiger partial charge in [-0.3, -0.25) is 9.78 Å². The number of Topliss-reactive ketones (excluding diaryl/α,β-unsaturated/α-hetero) is 1. The van der Waals surface area contributed by atoms with Crippen molar-refractivity contribution in [2.45, 2.75) is 38.2 Å². The number of para-hydroxylation sites is 1. The number of hydrogen-bond acceptors (Lipinski definition) is 3. The van der Waals surface area contributed by atoms with Gasteiger partial charge in [-0.15, -0.1) is 0 Å². The number of aromatic nitrogens is 1. The molecule has 1 saturated heterocycles. The van der Waals surface area contributed by atoms with Crippen molar-refractivity contribution in [3.8, 4) is 0 Å². The van der Waals surface area contributed by atoms with Crippen molar-refractivity contribution < 1.29 is 9.53 Å². The molecule has 1 aromatic carbocycles. The molecule has 1 aliphatic heterocycles. The number of ketones is 1. The van der Waals surface area contributed by atoms with E-state index < -0.39 is 0 Å².